The normalized spacial score (nSPS) is 10.7. The molecule has 1 heterocycles. The van der Waals surface area contributed by atoms with Gasteiger partial charge in [-0.3, -0.25) is 24.3 Å². The molecule has 156 valence electrons. The van der Waals surface area contributed by atoms with Gasteiger partial charge in [-0.2, -0.15) is 0 Å². The maximum atomic E-state index is 12.1. The summed E-state index contributed by atoms with van der Waals surface area (Å²) in [7, 11) is 0. The summed E-state index contributed by atoms with van der Waals surface area (Å²) in [5.41, 5.74) is 2.10. The molecule has 1 amide bonds. The molecule has 0 spiro atoms. The molecule has 0 aliphatic carbocycles. The van der Waals surface area contributed by atoms with Crippen LogP contribution in [-0.2, 0) is 20.9 Å². The van der Waals surface area contributed by atoms with Crippen molar-refractivity contribution in [2.45, 2.75) is 26.8 Å². The van der Waals surface area contributed by atoms with E-state index in [-0.39, 0.29) is 24.3 Å². The molecule has 3 aromatic rings. The van der Waals surface area contributed by atoms with Crippen LogP contribution in [0.2, 0.25) is 0 Å². The van der Waals surface area contributed by atoms with E-state index in [4.69, 9.17) is 9.15 Å². The molecule has 0 aliphatic rings. The average molecular weight is 413 g/mol. The Hall–Kier alpha value is -3.95. The molecule has 1 aromatic heterocycles. The summed E-state index contributed by atoms with van der Waals surface area (Å²) in [4.78, 5) is 46.6. The Bertz CT molecular complexity index is 1190. The number of nitrogens with one attached hydrogen (secondary N) is 1. The van der Waals surface area contributed by atoms with Gasteiger partial charge in [-0.05, 0) is 37.1 Å². The minimum Gasteiger partial charge on any atom is -0.456 e. The van der Waals surface area contributed by atoms with Gasteiger partial charge in [-0.25, -0.2) is 4.79 Å². The lowest BCUT2D eigenvalue weighted by atomic mass is 10.1. The van der Waals surface area contributed by atoms with Gasteiger partial charge in [0.15, 0.2) is 12.2 Å². The molecule has 3 rings (SSSR count). The topological polar surface area (TPSA) is 134 Å². The second kappa shape index (κ2) is 8.60. The van der Waals surface area contributed by atoms with Crippen LogP contribution in [0.5, 0.6) is 0 Å². The Labute approximate surface area is 170 Å². The molecule has 2 aromatic carbocycles. The van der Waals surface area contributed by atoms with E-state index in [0.29, 0.717) is 16.7 Å². The third-order valence-electron chi connectivity index (χ3n) is 4.65. The molecule has 0 unspecified atom stereocenters. The Morgan fingerprint density at radius 3 is 2.67 bits per heavy atom. The number of carbonyl (C=O) groups excluding carboxylic acids is 2. The molecule has 1 N–H and O–H groups in total. The number of fused-ring (bicyclic) bond motifs is 1. The lowest BCUT2D eigenvalue weighted by molar-refractivity contribution is -0.384. The number of carbonyl (C=O) groups is 2. The van der Waals surface area contributed by atoms with Crippen molar-refractivity contribution in [3.63, 3.8) is 0 Å². The first-order chi connectivity index (χ1) is 14.3. The van der Waals surface area contributed by atoms with Crippen molar-refractivity contribution in [3.8, 4) is 0 Å². The molecule has 10 heteroatoms. The van der Waals surface area contributed by atoms with E-state index in [0.717, 1.165) is 5.56 Å². The van der Waals surface area contributed by atoms with Gasteiger partial charge in [-0.1, -0.05) is 18.2 Å². The van der Waals surface area contributed by atoms with E-state index in [1.54, 1.807) is 44.2 Å². The minimum absolute atomic E-state index is 0.0265. The third-order valence-corrected chi connectivity index (χ3v) is 4.65. The number of hydrogen-bond donors (Lipinski definition) is 1. The molecule has 10 nitrogen and oxygen atoms in total. The quantitative estimate of drug-likeness (QED) is 0.357. The number of benzene rings is 2. The summed E-state index contributed by atoms with van der Waals surface area (Å²) >= 11 is 0. The third kappa shape index (κ3) is 4.37. The first-order valence-corrected chi connectivity index (χ1v) is 9.06. The van der Waals surface area contributed by atoms with E-state index in [1.807, 2.05) is 0 Å². The zero-order valence-electron chi connectivity index (χ0n) is 16.3. The van der Waals surface area contributed by atoms with Crippen molar-refractivity contribution < 1.29 is 23.7 Å². The zero-order chi connectivity index (χ0) is 21.8. The molecule has 0 aliphatic heterocycles. The number of aryl methyl sites for hydroxylation is 2. The van der Waals surface area contributed by atoms with E-state index in [9.17, 15) is 24.5 Å². The van der Waals surface area contributed by atoms with Gasteiger partial charge in [-0.15, -0.1) is 0 Å². The summed E-state index contributed by atoms with van der Waals surface area (Å²) < 4.78 is 11.3. The van der Waals surface area contributed by atoms with Crippen molar-refractivity contribution in [1.82, 2.24) is 4.57 Å². The number of anilines is 1. The Morgan fingerprint density at radius 1 is 1.20 bits per heavy atom. The van der Waals surface area contributed by atoms with Gasteiger partial charge in [0, 0.05) is 12.6 Å². The number of nitrogens with zero attached hydrogens (tertiary/aromatic N) is 2. The van der Waals surface area contributed by atoms with E-state index in [2.05, 4.69) is 5.32 Å². The van der Waals surface area contributed by atoms with Crippen LogP contribution >= 0.6 is 0 Å². The highest BCUT2D eigenvalue weighted by Crippen LogP contribution is 2.30. The van der Waals surface area contributed by atoms with Crippen LogP contribution in [0.15, 0.2) is 45.6 Å². The Morgan fingerprint density at radius 2 is 1.93 bits per heavy atom. The molecule has 30 heavy (non-hydrogen) atoms. The molecular weight excluding hydrogens is 394 g/mol. The number of rotatable bonds is 7. The number of para-hydroxylation sites is 2. The van der Waals surface area contributed by atoms with E-state index in [1.165, 1.54) is 10.6 Å². The summed E-state index contributed by atoms with van der Waals surface area (Å²) in [5.74, 6) is -1.99. The zero-order valence-corrected chi connectivity index (χ0v) is 16.3. The van der Waals surface area contributed by atoms with Gasteiger partial charge in [0.05, 0.1) is 16.9 Å². The van der Waals surface area contributed by atoms with Crippen LogP contribution in [0.4, 0.5) is 11.4 Å². The maximum absolute atomic E-state index is 12.1. The van der Waals surface area contributed by atoms with Crippen LogP contribution < -0.4 is 11.1 Å². The number of aromatic nitrogens is 1. The largest absolute Gasteiger partial charge is 0.456 e. The number of ether oxygens (including phenoxy) is 1. The van der Waals surface area contributed by atoms with E-state index < -0.39 is 29.2 Å². The highest BCUT2D eigenvalue weighted by Gasteiger charge is 2.20. The van der Waals surface area contributed by atoms with Crippen molar-refractivity contribution in [3.05, 3.63) is 68.2 Å². The maximum Gasteiger partial charge on any atom is 0.419 e. The lowest BCUT2D eigenvalue weighted by Crippen LogP contribution is -2.23. The first kappa shape index (κ1) is 20.8. The van der Waals surface area contributed by atoms with Gasteiger partial charge < -0.3 is 14.5 Å². The summed E-state index contributed by atoms with van der Waals surface area (Å²) in [6.07, 6.45) is -0.152. The second-order valence-electron chi connectivity index (χ2n) is 6.60. The molecule has 0 bridgehead atoms. The first-order valence-electron chi connectivity index (χ1n) is 9.06. The van der Waals surface area contributed by atoms with Gasteiger partial charge in [0.1, 0.15) is 5.69 Å². The fourth-order valence-corrected chi connectivity index (χ4v) is 2.93. The number of oxazole rings is 1. The van der Waals surface area contributed by atoms with Gasteiger partial charge in [0.25, 0.3) is 11.6 Å². The van der Waals surface area contributed by atoms with Crippen molar-refractivity contribution in [2.24, 2.45) is 0 Å². The average Bonchev–Trinajstić information content (AvgIpc) is 3.03. The van der Waals surface area contributed by atoms with Gasteiger partial charge in [0.2, 0.25) is 0 Å². The van der Waals surface area contributed by atoms with Crippen molar-refractivity contribution >= 4 is 34.4 Å². The van der Waals surface area contributed by atoms with Crippen molar-refractivity contribution in [2.75, 3.05) is 11.9 Å². The lowest BCUT2D eigenvalue weighted by Gasteiger charge is -2.11. The molecular formula is C20H19N3O7. The summed E-state index contributed by atoms with van der Waals surface area (Å²) in [6, 6.07) is 9.69. The fourth-order valence-electron chi connectivity index (χ4n) is 2.93. The SMILES string of the molecule is Cc1ccc([N+](=O)[O-])c(NC(=O)COC(=O)CCn2c(=O)oc3ccccc32)c1C. The highest BCUT2D eigenvalue weighted by molar-refractivity contribution is 5.96. The van der Waals surface area contributed by atoms with Crippen LogP contribution in [0.3, 0.4) is 0 Å². The van der Waals surface area contributed by atoms with Crippen LogP contribution in [0.1, 0.15) is 17.5 Å². The Kier molecular flexibility index (Phi) is 5.95. The number of hydrogen-bond acceptors (Lipinski definition) is 7. The Balaban J connectivity index is 1.58. The smallest absolute Gasteiger partial charge is 0.419 e. The summed E-state index contributed by atoms with van der Waals surface area (Å²) in [6.45, 7) is 2.83. The standard InChI is InChI=1S/C20H19N3O7/c1-12-7-8-15(23(27)28)19(13(12)2)21-17(24)11-29-18(25)9-10-22-14-5-3-4-6-16(14)30-20(22)26/h3-8H,9-11H2,1-2H3,(H,21,24). The number of esters is 1. The second-order valence-corrected chi connectivity index (χ2v) is 6.60. The molecule has 0 atom stereocenters. The highest BCUT2D eigenvalue weighted by atomic mass is 16.6. The number of amides is 1. The predicted molar refractivity (Wildman–Crippen MR) is 107 cm³/mol. The fraction of sp³-hybridized carbons (Fsp3) is 0.250. The number of nitro benzene ring substituents is 1. The predicted octanol–water partition coefficient (Wildman–Crippen LogP) is 2.69. The minimum atomic E-state index is -0.703. The van der Waals surface area contributed by atoms with Gasteiger partial charge >= 0.3 is 11.7 Å². The molecule has 0 saturated heterocycles. The molecule has 0 radical (unpaired) electrons. The molecule has 0 fully saturated rings. The monoisotopic (exact) mass is 413 g/mol. The molecule has 0 saturated carbocycles. The van der Waals surface area contributed by atoms with Crippen LogP contribution in [-0.4, -0.2) is 28.0 Å². The van der Waals surface area contributed by atoms with Crippen LogP contribution in [0, 0.1) is 24.0 Å². The summed E-state index contributed by atoms with van der Waals surface area (Å²) in [5, 5.41) is 13.6. The van der Waals surface area contributed by atoms with Crippen LogP contribution in [0.25, 0.3) is 11.1 Å². The number of nitro groups is 1. The van der Waals surface area contributed by atoms with Crippen molar-refractivity contribution in [1.29, 1.82) is 0 Å². The van der Waals surface area contributed by atoms with E-state index >= 15 is 0 Å².